The van der Waals surface area contributed by atoms with Crippen molar-refractivity contribution in [3.05, 3.63) is 0 Å². The van der Waals surface area contributed by atoms with Gasteiger partial charge in [0.25, 0.3) is 0 Å². The second-order valence-corrected chi connectivity index (χ2v) is 12.2. The molecular weight excluding hydrogens is 529 g/mol. The van der Waals surface area contributed by atoms with Crippen LogP contribution in [0.3, 0.4) is 0 Å². The molecule has 0 bridgehead atoms. The van der Waals surface area contributed by atoms with Crippen LogP contribution < -0.4 is 0 Å². The fourth-order valence-corrected chi connectivity index (χ4v) is 5.51. The van der Waals surface area contributed by atoms with E-state index in [0.717, 1.165) is 25.7 Å². The first-order valence-corrected chi connectivity index (χ1v) is 17.9. The maximum Gasteiger partial charge on any atom is 0.316 e. The topological polar surface area (TPSA) is 43.4 Å². The van der Waals surface area contributed by atoms with Gasteiger partial charge in [0.05, 0.1) is 0 Å². The predicted octanol–water partition coefficient (Wildman–Crippen LogP) is 10.7. The average molecular weight is 604 g/mol. The third kappa shape index (κ3) is 40.7. The SMILES string of the molecule is CCCCCCCCCCCCCCCCCC(=O)OC(=O)CCCCCCCCCCCCCCCCC.[MgH2].[MgH2]. The number of rotatable bonds is 32. The van der Waals surface area contributed by atoms with E-state index in [0.29, 0.717) is 12.8 Å². The standard InChI is InChI=1S/C36H70O3.2Mg.4H/c1-3-5-7-9-11-13-15-17-19-21-23-25-27-29-31-33-35(37)39-36(38)34-32-30-28-26-24-22-20-18-16-14-12-10-8-6-4-2;;;;;;/h3-34H2,1-2H3;;;;;;. The highest BCUT2D eigenvalue weighted by atomic mass is 24.3. The normalized spacial score (nSPS) is 10.7. The Bertz CT molecular complexity index is 469. The number of carbonyl (C=O) groups is 2. The maximum atomic E-state index is 11.9. The van der Waals surface area contributed by atoms with Gasteiger partial charge >= 0.3 is 58.0 Å². The Morgan fingerprint density at radius 1 is 0.317 bits per heavy atom. The van der Waals surface area contributed by atoms with E-state index in [1.807, 2.05) is 0 Å². The maximum absolute atomic E-state index is 11.9. The van der Waals surface area contributed by atoms with Crippen molar-refractivity contribution in [1.29, 1.82) is 0 Å². The van der Waals surface area contributed by atoms with Crippen LogP contribution in [0.5, 0.6) is 0 Å². The molecule has 0 aliphatic heterocycles. The van der Waals surface area contributed by atoms with Gasteiger partial charge < -0.3 is 4.74 Å². The third-order valence-electron chi connectivity index (χ3n) is 8.20. The Morgan fingerprint density at radius 2 is 0.488 bits per heavy atom. The molecule has 0 fully saturated rings. The van der Waals surface area contributed by atoms with Crippen LogP contribution in [0.2, 0.25) is 0 Å². The fraction of sp³-hybridized carbons (Fsp3) is 0.944. The summed E-state index contributed by atoms with van der Waals surface area (Å²) in [5, 5.41) is 0. The van der Waals surface area contributed by atoms with E-state index in [9.17, 15) is 9.59 Å². The molecule has 0 atom stereocenters. The molecule has 5 heteroatoms. The molecule has 0 aliphatic rings. The van der Waals surface area contributed by atoms with E-state index in [1.54, 1.807) is 0 Å². The van der Waals surface area contributed by atoms with Crippen molar-refractivity contribution in [2.75, 3.05) is 0 Å². The van der Waals surface area contributed by atoms with Crippen molar-refractivity contribution in [3.8, 4) is 0 Å². The molecule has 0 spiro atoms. The molecule has 0 radical (unpaired) electrons. The molecule has 0 N–H and O–H groups in total. The molecular formula is C36H74Mg2O3. The van der Waals surface area contributed by atoms with Crippen molar-refractivity contribution in [3.63, 3.8) is 0 Å². The van der Waals surface area contributed by atoms with Crippen molar-refractivity contribution in [1.82, 2.24) is 0 Å². The van der Waals surface area contributed by atoms with Crippen LogP contribution in [0.15, 0.2) is 0 Å². The van der Waals surface area contributed by atoms with E-state index < -0.39 is 0 Å². The Labute approximate surface area is 289 Å². The number of ether oxygens (including phenoxy) is 1. The van der Waals surface area contributed by atoms with Crippen LogP contribution in [0.4, 0.5) is 0 Å². The van der Waals surface area contributed by atoms with Gasteiger partial charge in [-0.1, -0.05) is 194 Å². The second-order valence-electron chi connectivity index (χ2n) is 12.2. The molecule has 0 amide bonds. The lowest BCUT2D eigenvalue weighted by atomic mass is 10.0. The van der Waals surface area contributed by atoms with Crippen LogP contribution in [0.1, 0.15) is 219 Å². The van der Waals surface area contributed by atoms with Gasteiger partial charge in [0.1, 0.15) is 0 Å². The van der Waals surface area contributed by atoms with E-state index in [1.165, 1.54) is 167 Å². The van der Waals surface area contributed by atoms with Crippen LogP contribution in [-0.2, 0) is 14.3 Å². The van der Waals surface area contributed by atoms with Gasteiger partial charge in [-0.25, -0.2) is 0 Å². The molecule has 0 aromatic carbocycles. The molecule has 0 unspecified atom stereocenters. The largest absolute Gasteiger partial charge is 0.393 e. The van der Waals surface area contributed by atoms with Crippen molar-refractivity contribution >= 4 is 58.0 Å². The second kappa shape index (κ2) is 40.7. The van der Waals surface area contributed by atoms with E-state index >= 15 is 0 Å². The van der Waals surface area contributed by atoms with E-state index in [4.69, 9.17) is 4.74 Å². The van der Waals surface area contributed by atoms with Gasteiger partial charge in [-0.2, -0.15) is 0 Å². The summed E-state index contributed by atoms with van der Waals surface area (Å²) in [7, 11) is 0. The zero-order chi connectivity index (χ0) is 28.5. The highest BCUT2D eigenvalue weighted by Gasteiger charge is 2.10. The van der Waals surface area contributed by atoms with Crippen molar-refractivity contribution in [2.45, 2.75) is 219 Å². The van der Waals surface area contributed by atoms with Crippen molar-refractivity contribution < 1.29 is 14.3 Å². The first-order chi connectivity index (χ1) is 19.2. The molecule has 0 saturated heterocycles. The summed E-state index contributed by atoms with van der Waals surface area (Å²) in [6.07, 6.45) is 40.1. The number of hydrogen-bond acceptors (Lipinski definition) is 3. The summed E-state index contributed by atoms with van der Waals surface area (Å²) in [6, 6.07) is 0. The fourth-order valence-electron chi connectivity index (χ4n) is 5.51. The molecule has 0 heterocycles. The summed E-state index contributed by atoms with van der Waals surface area (Å²) in [5.74, 6) is -0.647. The lowest BCUT2D eigenvalue weighted by Gasteiger charge is -2.05. The van der Waals surface area contributed by atoms with Crippen LogP contribution in [0, 0.1) is 0 Å². The minimum atomic E-state index is -0.323. The molecule has 41 heavy (non-hydrogen) atoms. The summed E-state index contributed by atoms with van der Waals surface area (Å²) in [4.78, 5) is 23.8. The van der Waals surface area contributed by atoms with Gasteiger partial charge in [0.2, 0.25) is 0 Å². The quantitative estimate of drug-likeness (QED) is 0.0333. The zero-order valence-corrected chi connectivity index (χ0v) is 26.9. The number of carbonyl (C=O) groups excluding carboxylic acids is 2. The van der Waals surface area contributed by atoms with E-state index in [-0.39, 0.29) is 58.0 Å². The number of esters is 2. The van der Waals surface area contributed by atoms with Crippen LogP contribution >= 0.6 is 0 Å². The van der Waals surface area contributed by atoms with E-state index in [2.05, 4.69) is 13.8 Å². The molecule has 0 aliphatic carbocycles. The van der Waals surface area contributed by atoms with Gasteiger partial charge in [-0.15, -0.1) is 0 Å². The van der Waals surface area contributed by atoms with Gasteiger partial charge in [0, 0.05) is 12.8 Å². The Morgan fingerprint density at radius 3 is 0.683 bits per heavy atom. The first kappa shape index (κ1) is 46.1. The van der Waals surface area contributed by atoms with Gasteiger partial charge in [-0.3, -0.25) is 9.59 Å². The predicted molar refractivity (Wildman–Crippen MR) is 187 cm³/mol. The van der Waals surface area contributed by atoms with Gasteiger partial charge in [-0.05, 0) is 12.8 Å². The lowest BCUT2D eigenvalue weighted by molar-refractivity contribution is -0.159. The summed E-state index contributed by atoms with van der Waals surface area (Å²) in [6.45, 7) is 4.55. The summed E-state index contributed by atoms with van der Waals surface area (Å²) in [5.41, 5.74) is 0. The van der Waals surface area contributed by atoms with Gasteiger partial charge in [0.15, 0.2) is 0 Å². The third-order valence-corrected chi connectivity index (χ3v) is 8.20. The number of unbranched alkanes of at least 4 members (excludes halogenated alkanes) is 28. The molecule has 0 aromatic heterocycles. The zero-order valence-electron chi connectivity index (χ0n) is 26.9. The minimum Gasteiger partial charge on any atom is -0.393 e. The Hall–Kier alpha value is 0.672. The van der Waals surface area contributed by atoms with Crippen LogP contribution in [-0.4, -0.2) is 58.0 Å². The average Bonchev–Trinajstić information content (AvgIpc) is 2.93. The number of hydrogen-bond donors (Lipinski definition) is 0. The Balaban J connectivity index is -0.00000722. The summed E-state index contributed by atoms with van der Waals surface area (Å²) >= 11 is 0. The van der Waals surface area contributed by atoms with Crippen molar-refractivity contribution in [2.24, 2.45) is 0 Å². The monoisotopic (exact) mass is 603 g/mol. The summed E-state index contributed by atoms with van der Waals surface area (Å²) < 4.78 is 5.01. The minimum absolute atomic E-state index is 0. The smallest absolute Gasteiger partial charge is 0.316 e. The lowest BCUT2D eigenvalue weighted by Crippen LogP contribution is -2.11. The van der Waals surface area contributed by atoms with Crippen LogP contribution in [0.25, 0.3) is 0 Å². The molecule has 0 aromatic rings. The molecule has 0 saturated carbocycles. The highest BCUT2D eigenvalue weighted by molar-refractivity contribution is 5.85. The molecule has 240 valence electrons. The molecule has 0 rings (SSSR count). The first-order valence-electron chi connectivity index (χ1n) is 17.9. The molecule has 3 nitrogen and oxygen atoms in total. The Kier molecular flexibility index (Phi) is 45.7. The highest BCUT2D eigenvalue weighted by Crippen LogP contribution is 2.15.